The second kappa shape index (κ2) is 9.26. The highest BCUT2D eigenvalue weighted by Crippen LogP contribution is 2.47. The molecule has 1 saturated carbocycles. The van der Waals surface area contributed by atoms with E-state index in [1.807, 2.05) is 6.92 Å². The Morgan fingerprint density at radius 2 is 1.90 bits per heavy atom. The molecule has 1 aliphatic carbocycles. The Balaban J connectivity index is 1.48. The molecule has 0 atom stereocenters. The predicted molar refractivity (Wildman–Crippen MR) is 114 cm³/mol. The van der Waals surface area contributed by atoms with Crippen LogP contribution in [-0.2, 0) is 26.8 Å². The van der Waals surface area contributed by atoms with Gasteiger partial charge in [-0.1, -0.05) is 24.9 Å². The van der Waals surface area contributed by atoms with Gasteiger partial charge in [-0.15, -0.1) is 0 Å². The van der Waals surface area contributed by atoms with Gasteiger partial charge in [-0.3, -0.25) is 0 Å². The molecule has 2 aromatic rings. The molecule has 0 bridgehead atoms. The summed E-state index contributed by atoms with van der Waals surface area (Å²) in [6.07, 6.45) is 5.71. The number of rotatable bonds is 10. The van der Waals surface area contributed by atoms with Gasteiger partial charge in [-0.05, 0) is 55.9 Å². The van der Waals surface area contributed by atoms with Gasteiger partial charge in [0.2, 0.25) is 10.0 Å². The number of hydrogen-bond acceptors (Lipinski definition) is 7. The molecule has 1 saturated heterocycles. The third-order valence-electron chi connectivity index (χ3n) is 6.20. The summed E-state index contributed by atoms with van der Waals surface area (Å²) in [5, 5.41) is 4.24. The Kier molecular flexibility index (Phi) is 6.64. The smallest absolute Gasteiger partial charge is 0.252 e. The van der Waals surface area contributed by atoms with Crippen molar-refractivity contribution in [2.24, 2.45) is 5.92 Å². The molecule has 0 N–H and O–H groups in total. The third-order valence-corrected chi connectivity index (χ3v) is 8.11. The number of methoxy groups -OCH3 is 1. The molecule has 1 aliphatic heterocycles. The zero-order chi connectivity index (χ0) is 21.9. The van der Waals surface area contributed by atoms with Gasteiger partial charge in [0.25, 0.3) is 5.89 Å². The summed E-state index contributed by atoms with van der Waals surface area (Å²) in [7, 11) is -1.96. The minimum atomic E-state index is -3.55. The van der Waals surface area contributed by atoms with Crippen LogP contribution in [0.25, 0.3) is 0 Å². The number of aromatic nitrogens is 2. The molecule has 4 rings (SSSR count). The van der Waals surface area contributed by atoms with Crippen molar-refractivity contribution in [1.82, 2.24) is 14.4 Å². The maximum Gasteiger partial charge on any atom is 0.252 e. The highest BCUT2D eigenvalue weighted by molar-refractivity contribution is 7.89. The maximum absolute atomic E-state index is 13.2. The number of nitrogens with zero attached hydrogens (tertiary/aromatic N) is 3. The van der Waals surface area contributed by atoms with Gasteiger partial charge in [-0.25, -0.2) is 8.42 Å². The molecule has 31 heavy (non-hydrogen) atoms. The van der Waals surface area contributed by atoms with Crippen LogP contribution in [0.2, 0.25) is 0 Å². The van der Waals surface area contributed by atoms with Gasteiger partial charge < -0.3 is 14.0 Å². The molecular weight excluding hydrogens is 418 g/mol. The summed E-state index contributed by atoms with van der Waals surface area (Å²) in [5.41, 5.74) is -0.236. The quantitative estimate of drug-likeness (QED) is 0.548. The number of ether oxygens (including phenoxy) is 2. The second-order valence-electron chi connectivity index (χ2n) is 8.60. The van der Waals surface area contributed by atoms with Crippen LogP contribution in [0, 0.1) is 5.92 Å². The first kappa shape index (κ1) is 22.2. The van der Waals surface area contributed by atoms with E-state index in [2.05, 4.69) is 10.1 Å². The first-order valence-corrected chi connectivity index (χ1v) is 12.5. The average Bonchev–Trinajstić information content (AvgIpc) is 3.46. The first-order chi connectivity index (χ1) is 15.0. The molecule has 1 aromatic heterocycles. The number of hydrogen-bond donors (Lipinski definition) is 0. The van der Waals surface area contributed by atoms with E-state index in [1.54, 1.807) is 35.7 Å². The van der Waals surface area contributed by atoms with Gasteiger partial charge >= 0.3 is 0 Å². The molecule has 9 heteroatoms. The normalized spacial score (nSPS) is 19.4. The molecule has 2 heterocycles. The van der Waals surface area contributed by atoms with E-state index in [9.17, 15) is 8.42 Å². The van der Waals surface area contributed by atoms with Crippen molar-refractivity contribution in [3.63, 3.8) is 0 Å². The summed E-state index contributed by atoms with van der Waals surface area (Å²) < 4.78 is 44.0. The molecule has 0 unspecified atom stereocenters. The molecule has 0 amide bonds. The number of sulfonamides is 1. The van der Waals surface area contributed by atoms with Crippen LogP contribution in [0.15, 0.2) is 33.7 Å². The molecule has 1 aromatic carbocycles. The fourth-order valence-corrected chi connectivity index (χ4v) is 5.72. The summed E-state index contributed by atoms with van der Waals surface area (Å²) in [4.78, 5) is 4.87. The molecule has 0 spiro atoms. The fraction of sp³-hybridized carbons (Fsp3) is 0.636. The number of benzene rings is 1. The molecular formula is C22H31N3O5S. The monoisotopic (exact) mass is 449 g/mol. The van der Waals surface area contributed by atoms with E-state index >= 15 is 0 Å². The lowest BCUT2D eigenvalue weighted by Gasteiger charge is -2.39. The summed E-state index contributed by atoms with van der Waals surface area (Å²) in [5.74, 6) is 2.52. The van der Waals surface area contributed by atoms with Crippen LogP contribution >= 0.6 is 0 Å². The van der Waals surface area contributed by atoms with Crippen molar-refractivity contribution >= 4 is 10.0 Å². The zero-order valence-corrected chi connectivity index (χ0v) is 19.1. The minimum Gasteiger partial charge on any atom is -0.494 e. The van der Waals surface area contributed by atoms with Crippen molar-refractivity contribution < 1.29 is 22.4 Å². The van der Waals surface area contributed by atoms with Crippen molar-refractivity contribution in [2.75, 3.05) is 26.8 Å². The van der Waals surface area contributed by atoms with Crippen LogP contribution in [0.5, 0.6) is 5.75 Å². The van der Waals surface area contributed by atoms with Crippen LogP contribution in [0.1, 0.15) is 57.2 Å². The van der Waals surface area contributed by atoms with Gasteiger partial charge in [0.1, 0.15) is 12.4 Å². The van der Waals surface area contributed by atoms with Gasteiger partial charge in [0, 0.05) is 25.6 Å². The molecule has 2 fully saturated rings. The van der Waals surface area contributed by atoms with Crippen LogP contribution < -0.4 is 4.74 Å². The highest BCUT2D eigenvalue weighted by Gasteiger charge is 2.46. The van der Waals surface area contributed by atoms with Gasteiger partial charge in [0.15, 0.2) is 5.82 Å². The van der Waals surface area contributed by atoms with Crippen molar-refractivity contribution in [1.29, 1.82) is 0 Å². The standard InChI is InChI=1S/C22H31N3O5S/c1-3-14-29-18-6-8-19(9-7-18)31(26,27)25-12-10-22(11-13-25,15-17-4-5-17)21-23-20(16-28-2)30-24-21/h6-9,17H,3-5,10-16H2,1-2H3. The van der Waals surface area contributed by atoms with Gasteiger partial charge in [0.05, 0.1) is 11.5 Å². The topological polar surface area (TPSA) is 94.8 Å². The first-order valence-electron chi connectivity index (χ1n) is 11.0. The van der Waals surface area contributed by atoms with E-state index in [-0.39, 0.29) is 12.0 Å². The molecule has 2 aliphatic rings. The lowest BCUT2D eigenvalue weighted by atomic mass is 9.74. The van der Waals surface area contributed by atoms with Crippen LogP contribution in [0.3, 0.4) is 0 Å². The van der Waals surface area contributed by atoms with Crippen molar-refractivity contribution in [3.05, 3.63) is 36.0 Å². The van der Waals surface area contributed by atoms with E-state index in [1.165, 1.54) is 12.8 Å². The Bertz CT molecular complexity index is 961. The summed E-state index contributed by atoms with van der Waals surface area (Å²) in [6.45, 7) is 3.81. The summed E-state index contributed by atoms with van der Waals surface area (Å²) >= 11 is 0. The highest BCUT2D eigenvalue weighted by atomic mass is 32.2. The molecule has 8 nitrogen and oxygen atoms in total. The second-order valence-corrected chi connectivity index (χ2v) is 10.5. The fourth-order valence-electron chi connectivity index (χ4n) is 4.28. The maximum atomic E-state index is 13.2. The zero-order valence-electron chi connectivity index (χ0n) is 18.2. The average molecular weight is 450 g/mol. The SMILES string of the molecule is CCCOc1ccc(S(=O)(=O)N2CCC(CC3CC3)(c3noc(COC)n3)CC2)cc1. The van der Waals surface area contributed by atoms with E-state index in [0.717, 1.165) is 12.8 Å². The van der Waals surface area contributed by atoms with Crippen molar-refractivity contribution in [3.8, 4) is 5.75 Å². The van der Waals surface area contributed by atoms with E-state index in [4.69, 9.17) is 14.0 Å². The van der Waals surface area contributed by atoms with E-state index in [0.29, 0.717) is 60.8 Å². The van der Waals surface area contributed by atoms with Crippen molar-refractivity contribution in [2.45, 2.75) is 62.4 Å². The Hall–Kier alpha value is -1.97. The third kappa shape index (κ3) is 4.94. The lowest BCUT2D eigenvalue weighted by molar-refractivity contribution is 0.151. The summed E-state index contributed by atoms with van der Waals surface area (Å²) in [6, 6.07) is 6.70. The number of piperidine rings is 1. The predicted octanol–water partition coefficient (Wildman–Crippen LogP) is 3.53. The van der Waals surface area contributed by atoms with Crippen LogP contribution in [-0.4, -0.2) is 49.7 Å². The van der Waals surface area contributed by atoms with Crippen LogP contribution in [0.4, 0.5) is 0 Å². The lowest BCUT2D eigenvalue weighted by Crippen LogP contribution is -2.46. The minimum absolute atomic E-state index is 0.236. The largest absolute Gasteiger partial charge is 0.494 e. The van der Waals surface area contributed by atoms with E-state index < -0.39 is 10.0 Å². The Labute approximate surface area is 184 Å². The molecule has 0 radical (unpaired) electrons. The van der Waals surface area contributed by atoms with Gasteiger partial charge in [-0.2, -0.15) is 9.29 Å². The Morgan fingerprint density at radius 3 is 2.52 bits per heavy atom. The molecule has 170 valence electrons. The Morgan fingerprint density at radius 1 is 1.19 bits per heavy atom.